The Morgan fingerprint density at radius 1 is 1.42 bits per heavy atom. The van der Waals surface area contributed by atoms with Crippen molar-refractivity contribution in [1.29, 1.82) is 5.26 Å². The number of nitrogens with zero attached hydrogens (tertiary/aromatic N) is 1. The molecule has 0 saturated heterocycles. The van der Waals surface area contributed by atoms with Crippen LogP contribution in [0.3, 0.4) is 0 Å². The molecule has 0 aliphatic heterocycles. The first-order valence-corrected chi connectivity index (χ1v) is 6.76. The van der Waals surface area contributed by atoms with Crippen molar-refractivity contribution in [2.75, 3.05) is 6.54 Å². The molecule has 0 aromatic heterocycles. The van der Waals surface area contributed by atoms with Crippen molar-refractivity contribution in [3.63, 3.8) is 0 Å². The minimum atomic E-state index is -3.90. The van der Waals surface area contributed by atoms with E-state index in [1.54, 1.807) is 6.07 Å². The molecule has 1 aromatic rings. The summed E-state index contributed by atoms with van der Waals surface area (Å²) >= 11 is 0. The molecule has 0 bridgehead atoms. The molecule has 1 unspecified atom stereocenters. The van der Waals surface area contributed by atoms with Gasteiger partial charge in [-0.1, -0.05) is 12.1 Å². The molecule has 0 aliphatic carbocycles. The molecule has 0 heterocycles. The second kappa shape index (κ2) is 6.29. The van der Waals surface area contributed by atoms with Crippen molar-refractivity contribution < 1.29 is 23.4 Å². The molecule has 0 aliphatic rings. The highest BCUT2D eigenvalue weighted by Crippen LogP contribution is 2.13. The fraction of sp³-hybridized carbons (Fsp3) is 0.273. The van der Waals surface area contributed by atoms with Crippen molar-refractivity contribution in [1.82, 2.24) is 4.72 Å². The van der Waals surface area contributed by atoms with E-state index in [4.69, 9.17) is 15.5 Å². The summed E-state index contributed by atoms with van der Waals surface area (Å²) in [5.74, 6) is -1.42. The lowest BCUT2D eigenvalue weighted by Crippen LogP contribution is -2.30. The molecule has 1 aromatic carbocycles. The monoisotopic (exact) mass is 284 g/mol. The Labute approximate surface area is 110 Å². The molecular formula is C11H12N2O5S. The van der Waals surface area contributed by atoms with E-state index in [2.05, 4.69) is 4.72 Å². The number of nitrogens with one attached hydrogen (secondary N) is 1. The highest BCUT2D eigenvalue weighted by molar-refractivity contribution is 7.89. The predicted octanol–water partition coefficient (Wildman–Crippen LogP) is -0.328. The third-order valence-corrected chi connectivity index (χ3v) is 3.81. The zero-order chi connectivity index (χ0) is 14.5. The highest BCUT2D eigenvalue weighted by Gasteiger charge is 2.19. The SMILES string of the molecule is N#Cc1ccccc1S(=O)(=O)NCCC(O)C(=O)O. The largest absolute Gasteiger partial charge is 0.479 e. The van der Waals surface area contributed by atoms with Gasteiger partial charge < -0.3 is 10.2 Å². The lowest BCUT2D eigenvalue weighted by Gasteiger charge is -2.09. The summed E-state index contributed by atoms with van der Waals surface area (Å²) in [4.78, 5) is 10.2. The molecule has 0 amide bonds. The number of hydrogen-bond acceptors (Lipinski definition) is 5. The summed E-state index contributed by atoms with van der Waals surface area (Å²) in [5, 5.41) is 26.3. The Balaban J connectivity index is 2.77. The minimum absolute atomic E-state index is 0.00576. The maximum absolute atomic E-state index is 11.9. The van der Waals surface area contributed by atoms with E-state index in [1.807, 2.05) is 0 Å². The number of aliphatic hydroxyl groups excluding tert-OH is 1. The molecule has 0 saturated carbocycles. The van der Waals surface area contributed by atoms with Gasteiger partial charge in [-0.05, 0) is 18.6 Å². The number of hydrogen-bond donors (Lipinski definition) is 3. The molecule has 1 atom stereocenters. The molecule has 102 valence electrons. The van der Waals surface area contributed by atoms with Gasteiger partial charge in [0.25, 0.3) is 0 Å². The van der Waals surface area contributed by atoms with Crippen LogP contribution in [-0.4, -0.2) is 37.2 Å². The Hall–Kier alpha value is -1.95. The summed E-state index contributed by atoms with van der Waals surface area (Å²) in [6.07, 6.45) is -1.89. The number of carboxylic acids is 1. The molecule has 8 heteroatoms. The molecule has 1 rings (SSSR count). The lowest BCUT2D eigenvalue weighted by atomic mass is 10.2. The Morgan fingerprint density at radius 3 is 2.63 bits per heavy atom. The van der Waals surface area contributed by atoms with Gasteiger partial charge in [-0.3, -0.25) is 0 Å². The maximum Gasteiger partial charge on any atom is 0.332 e. The number of rotatable bonds is 6. The fourth-order valence-electron chi connectivity index (χ4n) is 1.32. The summed E-state index contributed by atoms with van der Waals surface area (Å²) < 4.78 is 25.9. The molecule has 3 N–H and O–H groups in total. The van der Waals surface area contributed by atoms with Crippen LogP contribution in [0.15, 0.2) is 29.2 Å². The summed E-state index contributed by atoms with van der Waals surface area (Å²) in [7, 11) is -3.90. The number of carboxylic acid groups (broad SMARTS) is 1. The second-order valence-electron chi connectivity index (χ2n) is 3.65. The zero-order valence-electron chi connectivity index (χ0n) is 9.78. The average Bonchev–Trinajstić information content (AvgIpc) is 2.38. The molecule has 0 radical (unpaired) electrons. The Morgan fingerprint density at radius 2 is 2.05 bits per heavy atom. The average molecular weight is 284 g/mol. The Bertz CT molecular complexity index is 606. The van der Waals surface area contributed by atoms with Crippen molar-refractivity contribution in [3.05, 3.63) is 29.8 Å². The fourth-order valence-corrected chi connectivity index (χ4v) is 2.53. The normalized spacial score (nSPS) is 12.6. The number of sulfonamides is 1. The van der Waals surface area contributed by atoms with E-state index in [9.17, 15) is 13.2 Å². The lowest BCUT2D eigenvalue weighted by molar-refractivity contribution is -0.146. The molecule has 0 fully saturated rings. The van der Waals surface area contributed by atoms with Crippen LogP contribution in [0.4, 0.5) is 0 Å². The van der Waals surface area contributed by atoms with Crippen molar-refractivity contribution >= 4 is 16.0 Å². The van der Waals surface area contributed by atoms with Gasteiger partial charge in [0.05, 0.1) is 10.5 Å². The number of benzene rings is 1. The first kappa shape index (κ1) is 15.1. The smallest absolute Gasteiger partial charge is 0.332 e. The topological polar surface area (TPSA) is 127 Å². The van der Waals surface area contributed by atoms with Crippen LogP contribution in [0.2, 0.25) is 0 Å². The third kappa shape index (κ3) is 4.03. The van der Waals surface area contributed by atoms with E-state index >= 15 is 0 Å². The first-order chi connectivity index (χ1) is 8.88. The standard InChI is InChI=1S/C11H12N2O5S/c12-7-8-3-1-2-4-10(8)19(17,18)13-6-5-9(14)11(15)16/h1-4,9,13-14H,5-6H2,(H,15,16). The minimum Gasteiger partial charge on any atom is -0.479 e. The summed E-state index contributed by atoms with van der Waals surface area (Å²) in [6.45, 7) is -0.241. The summed E-state index contributed by atoms with van der Waals surface area (Å²) in [6, 6.07) is 7.40. The van der Waals surface area contributed by atoms with Crippen molar-refractivity contribution in [2.24, 2.45) is 0 Å². The van der Waals surface area contributed by atoms with Gasteiger partial charge in [-0.15, -0.1) is 0 Å². The van der Waals surface area contributed by atoms with E-state index < -0.39 is 22.1 Å². The first-order valence-electron chi connectivity index (χ1n) is 5.28. The third-order valence-electron chi connectivity index (χ3n) is 2.29. The quantitative estimate of drug-likeness (QED) is 0.656. The predicted molar refractivity (Wildman–Crippen MR) is 64.6 cm³/mol. The van der Waals surface area contributed by atoms with E-state index in [-0.39, 0.29) is 23.4 Å². The van der Waals surface area contributed by atoms with Crippen LogP contribution in [-0.2, 0) is 14.8 Å². The van der Waals surface area contributed by atoms with Gasteiger partial charge in [0.1, 0.15) is 6.07 Å². The van der Waals surface area contributed by atoms with Crippen LogP contribution >= 0.6 is 0 Å². The van der Waals surface area contributed by atoms with Crippen LogP contribution in [0.25, 0.3) is 0 Å². The van der Waals surface area contributed by atoms with E-state index in [1.165, 1.54) is 24.3 Å². The number of carbonyl (C=O) groups is 1. The zero-order valence-corrected chi connectivity index (χ0v) is 10.6. The van der Waals surface area contributed by atoms with E-state index in [0.29, 0.717) is 0 Å². The van der Waals surface area contributed by atoms with Crippen LogP contribution in [0.5, 0.6) is 0 Å². The molecular weight excluding hydrogens is 272 g/mol. The number of nitriles is 1. The van der Waals surface area contributed by atoms with E-state index in [0.717, 1.165) is 0 Å². The van der Waals surface area contributed by atoms with Gasteiger partial charge in [-0.2, -0.15) is 5.26 Å². The molecule has 19 heavy (non-hydrogen) atoms. The Kier molecular flexibility index (Phi) is 5.00. The highest BCUT2D eigenvalue weighted by atomic mass is 32.2. The van der Waals surface area contributed by atoms with Crippen molar-refractivity contribution in [3.8, 4) is 6.07 Å². The maximum atomic E-state index is 11.9. The van der Waals surface area contributed by atoms with Crippen LogP contribution < -0.4 is 4.72 Å². The summed E-state index contributed by atoms with van der Waals surface area (Å²) in [5.41, 5.74) is -0.00576. The van der Waals surface area contributed by atoms with Crippen LogP contribution in [0.1, 0.15) is 12.0 Å². The number of aliphatic hydroxyl groups is 1. The molecule has 0 spiro atoms. The van der Waals surface area contributed by atoms with Crippen molar-refractivity contribution in [2.45, 2.75) is 17.4 Å². The van der Waals surface area contributed by atoms with Gasteiger partial charge in [0.2, 0.25) is 10.0 Å². The van der Waals surface area contributed by atoms with Gasteiger partial charge in [0.15, 0.2) is 6.10 Å². The van der Waals surface area contributed by atoms with Gasteiger partial charge >= 0.3 is 5.97 Å². The van der Waals surface area contributed by atoms with Gasteiger partial charge in [0, 0.05) is 6.54 Å². The van der Waals surface area contributed by atoms with Gasteiger partial charge in [-0.25, -0.2) is 17.9 Å². The number of aliphatic carboxylic acids is 1. The van der Waals surface area contributed by atoms with Crippen LogP contribution in [0, 0.1) is 11.3 Å². The second-order valence-corrected chi connectivity index (χ2v) is 5.38. The molecule has 7 nitrogen and oxygen atoms in total.